The first kappa shape index (κ1) is 21.5. The van der Waals surface area contributed by atoms with Crippen molar-refractivity contribution < 1.29 is 9.73 Å². The van der Waals surface area contributed by atoms with Crippen molar-refractivity contribution in [3.05, 3.63) is 64.9 Å². The third-order valence-electron chi connectivity index (χ3n) is 5.00. The van der Waals surface area contributed by atoms with Gasteiger partial charge in [0.15, 0.2) is 0 Å². The number of nitrogens with two attached hydrogens (primary N) is 1. The average Bonchev–Trinajstić information content (AvgIpc) is 3.42. The molecule has 31 heavy (non-hydrogen) atoms. The van der Waals surface area contributed by atoms with Gasteiger partial charge in [-0.1, -0.05) is 26.0 Å². The van der Waals surface area contributed by atoms with Crippen molar-refractivity contribution in [2.24, 2.45) is 11.8 Å². The highest BCUT2D eigenvalue weighted by molar-refractivity contribution is 7.97. The molecule has 5 N–H and O–H groups in total. The number of benzene rings is 2. The first-order valence-electron chi connectivity index (χ1n) is 9.76. The predicted octanol–water partition coefficient (Wildman–Crippen LogP) is 5.07. The summed E-state index contributed by atoms with van der Waals surface area (Å²) in [6, 6.07) is 15.6. The number of amides is 1. The van der Waals surface area contributed by atoms with Crippen molar-refractivity contribution in [3.63, 3.8) is 0 Å². The summed E-state index contributed by atoms with van der Waals surface area (Å²) < 4.78 is 0. The third kappa shape index (κ3) is 4.81. The fraction of sp³-hybridized carbons (Fsp3) is 0.182. The Labute approximate surface area is 188 Å². The second-order valence-electron chi connectivity index (χ2n) is 7.43. The lowest BCUT2D eigenvalue weighted by Crippen LogP contribution is -2.24. The Bertz CT molecular complexity index is 1170. The molecule has 4 rings (SSSR count). The van der Waals surface area contributed by atoms with Gasteiger partial charge in [-0.2, -0.15) is 22.3 Å². The van der Waals surface area contributed by atoms with Crippen LogP contribution in [-0.2, 0) is 9.73 Å². The highest BCUT2D eigenvalue weighted by Gasteiger charge is 2.25. The number of anilines is 1. The van der Waals surface area contributed by atoms with Crippen LogP contribution in [0.1, 0.15) is 25.3 Å². The van der Waals surface area contributed by atoms with E-state index < -0.39 is 0 Å². The van der Waals surface area contributed by atoms with E-state index in [4.69, 9.17) is 5.90 Å². The van der Waals surface area contributed by atoms with Crippen LogP contribution in [-0.4, -0.2) is 16.1 Å². The molecule has 1 atom stereocenters. The summed E-state index contributed by atoms with van der Waals surface area (Å²) in [6.07, 6.45) is 0. The van der Waals surface area contributed by atoms with Crippen LogP contribution in [0.5, 0.6) is 0 Å². The monoisotopic (exact) mass is 453 g/mol. The van der Waals surface area contributed by atoms with Crippen molar-refractivity contribution in [2.75, 3.05) is 5.32 Å². The summed E-state index contributed by atoms with van der Waals surface area (Å²) in [5, 5.41) is 15.6. The van der Waals surface area contributed by atoms with Crippen LogP contribution >= 0.6 is 23.3 Å². The summed E-state index contributed by atoms with van der Waals surface area (Å²) in [5.74, 6) is 5.01. The fourth-order valence-corrected chi connectivity index (χ4v) is 4.78. The largest absolute Gasteiger partial charge is 0.326 e. The van der Waals surface area contributed by atoms with E-state index in [1.165, 1.54) is 11.9 Å². The number of hydrogen-bond acceptors (Lipinski definition) is 7. The Morgan fingerprint density at radius 3 is 2.84 bits per heavy atom. The van der Waals surface area contributed by atoms with Gasteiger partial charge in [-0.15, -0.1) is 4.89 Å². The maximum Gasteiger partial charge on any atom is 0.232 e. The minimum absolute atomic E-state index is 0.0101. The zero-order valence-corrected chi connectivity index (χ0v) is 18.7. The molecular weight excluding hydrogens is 430 g/mol. The minimum Gasteiger partial charge on any atom is -0.326 e. The van der Waals surface area contributed by atoms with Gasteiger partial charge in [-0.25, -0.2) is 4.94 Å². The quantitative estimate of drug-likeness (QED) is 0.219. The summed E-state index contributed by atoms with van der Waals surface area (Å²) in [6.45, 7) is 4.13. The van der Waals surface area contributed by atoms with Crippen LogP contribution in [0.4, 0.5) is 5.69 Å². The van der Waals surface area contributed by atoms with Gasteiger partial charge in [0.2, 0.25) is 5.91 Å². The number of carbonyl (C=O) groups excluding carboxylic acids is 1. The molecule has 2 aromatic carbocycles. The molecule has 0 bridgehead atoms. The molecule has 0 radical (unpaired) electrons. The Morgan fingerprint density at radius 2 is 2.10 bits per heavy atom. The van der Waals surface area contributed by atoms with E-state index in [2.05, 4.69) is 39.2 Å². The number of thiophene rings is 1. The second kappa shape index (κ2) is 9.63. The number of carbonyl (C=O) groups is 1. The van der Waals surface area contributed by atoms with Crippen LogP contribution in [0, 0.1) is 5.92 Å². The first-order chi connectivity index (χ1) is 15.1. The zero-order valence-electron chi connectivity index (χ0n) is 17.1. The number of hydrogen-bond donors (Lipinski definition) is 4. The maximum atomic E-state index is 13.1. The van der Waals surface area contributed by atoms with Crippen LogP contribution in [0.3, 0.4) is 0 Å². The molecule has 0 spiro atoms. The summed E-state index contributed by atoms with van der Waals surface area (Å²) in [5.41, 5.74) is 4.43. The second-order valence-corrected chi connectivity index (χ2v) is 9.05. The van der Waals surface area contributed by atoms with E-state index in [0.29, 0.717) is 0 Å². The smallest absolute Gasteiger partial charge is 0.232 e. The molecule has 0 aliphatic rings. The van der Waals surface area contributed by atoms with Gasteiger partial charge in [0, 0.05) is 21.5 Å². The molecule has 4 aromatic rings. The van der Waals surface area contributed by atoms with E-state index in [1.807, 2.05) is 59.3 Å². The molecule has 0 fully saturated rings. The van der Waals surface area contributed by atoms with Crippen LogP contribution in [0.15, 0.2) is 64.2 Å². The Hall–Kier alpha value is -2.69. The number of rotatable bonds is 8. The fourth-order valence-electron chi connectivity index (χ4n) is 3.60. The van der Waals surface area contributed by atoms with E-state index >= 15 is 0 Å². The third-order valence-corrected chi connectivity index (χ3v) is 6.37. The van der Waals surface area contributed by atoms with Crippen molar-refractivity contribution in [1.82, 2.24) is 15.1 Å². The molecule has 2 heterocycles. The maximum absolute atomic E-state index is 13.1. The summed E-state index contributed by atoms with van der Waals surface area (Å²) in [7, 11) is 0. The molecular formula is C22H23N5O2S2. The molecule has 0 saturated heterocycles. The normalized spacial score (nSPS) is 12.4. The van der Waals surface area contributed by atoms with Crippen molar-refractivity contribution in [2.45, 2.75) is 24.7 Å². The lowest BCUT2D eigenvalue weighted by atomic mass is 9.89. The van der Waals surface area contributed by atoms with E-state index in [1.54, 1.807) is 11.3 Å². The van der Waals surface area contributed by atoms with E-state index in [0.717, 1.165) is 38.3 Å². The molecule has 160 valence electrons. The topological polar surface area (TPSA) is 105 Å². The predicted molar refractivity (Wildman–Crippen MR) is 126 cm³/mol. The summed E-state index contributed by atoms with van der Waals surface area (Å²) >= 11 is 2.87. The highest BCUT2D eigenvalue weighted by atomic mass is 32.2. The SMILES string of the molecule is CC(C)C(C(=O)Nc1ccc2[nH]nc(-c3cccc(SNON)c3)c2c1)c1ccsc1. The lowest BCUT2D eigenvalue weighted by molar-refractivity contribution is -0.118. The number of H-pyrrole nitrogens is 1. The Morgan fingerprint density at radius 1 is 1.23 bits per heavy atom. The van der Waals surface area contributed by atoms with Gasteiger partial charge in [0.05, 0.1) is 11.4 Å². The molecule has 0 aliphatic heterocycles. The van der Waals surface area contributed by atoms with Gasteiger partial charge in [0.1, 0.15) is 5.69 Å². The molecule has 1 unspecified atom stereocenters. The molecule has 0 saturated carbocycles. The average molecular weight is 454 g/mol. The first-order valence-corrected chi connectivity index (χ1v) is 11.5. The Kier molecular flexibility index (Phi) is 6.69. The number of fused-ring (bicyclic) bond motifs is 1. The Balaban J connectivity index is 1.62. The standard InChI is InChI=1S/C22H23N5O2S2/c1-13(2)20(15-8-9-30-12-15)22(28)24-16-6-7-19-18(11-16)21(26-25-19)14-4-3-5-17(10-14)31-27-29-23/h3-13,20,27H,23H2,1-2H3,(H,24,28)(H,25,26). The molecule has 0 aliphatic carbocycles. The van der Waals surface area contributed by atoms with Crippen LogP contribution < -0.4 is 16.1 Å². The number of nitrogens with zero attached hydrogens (tertiary/aromatic N) is 1. The van der Waals surface area contributed by atoms with Gasteiger partial charge in [-0.05, 0) is 70.6 Å². The molecule has 7 nitrogen and oxygen atoms in total. The number of aromatic nitrogens is 2. The highest BCUT2D eigenvalue weighted by Crippen LogP contribution is 2.32. The van der Waals surface area contributed by atoms with Gasteiger partial charge in [-0.3, -0.25) is 9.89 Å². The molecule has 9 heteroatoms. The van der Waals surface area contributed by atoms with Crippen molar-refractivity contribution in [3.8, 4) is 11.3 Å². The minimum atomic E-state index is -0.197. The van der Waals surface area contributed by atoms with Crippen LogP contribution in [0.25, 0.3) is 22.2 Å². The van der Waals surface area contributed by atoms with Crippen molar-refractivity contribution in [1.29, 1.82) is 0 Å². The van der Waals surface area contributed by atoms with Gasteiger partial charge in [0.25, 0.3) is 0 Å². The number of nitrogens with one attached hydrogen (secondary N) is 3. The summed E-state index contributed by atoms with van der Waals surface area (Å²) in [4.78, 5) is 21.0. The molecule has 2 aromatic heterocycles. The van der Waals surface area contributed by atoms with Gasteiger partial charge >= 0.3 is 0 Å². The number of aromatic amines is 1. The lowest BCUT2D eigenvalue weighted by Gasteiger charge is -2.19. The van der Waals surface area contributed by atoms with Crippen LogP contribution in [0.2, 0.25) is 0 Å². The zero-order chi connectivity index (χ0) is 21.8. The molecule has 1 amide bonds. The van der Waals surface area contributed by atoms with Crippen molar-refractivity contribution >= 4 is 45.8 Å². The van der Waals surface area contributed by atoms with E-state index in [9.17, 15) is 4.79 Å². The van der Waals surface area contributed by atoms with Gasteiger partial charge < -0.3 is 5.32 Å². The van der Waals surface area contributed by atoms with E-state index in [-0.39, 0.29) is 17.7 Å².